The molecule has 0 bridgehead atoms. The average Bonchev–Trinajstić information content (AvgIpc) is 2.59. The Kier molecular flexibility index (Phi) is 6.71. The largest absolute Gasteiger partial charge is 0.465 e. The van der Waals surface area contributed by atoms with Gasteiger partial charge in [-0.2, -0.15) is 13.2 Å². The molecule has 1 atom stereocenters. The molecular formula is C19H20F3N3O3. The number of nitrogens with zero attached hydrogens (tertiary/aromatic N) is 2. The standard InChI is InChI=1S/C19H20F3N3O3/c1-11-6-15(8-16(25-11)7-12(2)26)18(27)24-10-14-4-5-17(23-9-14)28-13(3)19(20,21)22/h4-6,8-9,13H,7,10H2,1-3H3,(H,24,27)/t13-/m1/s1. The molecule has 0 saturated heterocycles. The quantitative estimate of drug-likeness (QED) is 0.779. The summed E-state index contributed by atoms with van der Waals surface area (Å²) in [5.41, 5.74) is 2.09. The lowest BCUT2D eigenvalue weighted by molar-refractivity contribution is -0.189. The number of halogens is 3. The van der Waals surface area contributed by atoms with E-state index in [2.05, 4.69) is 15.3 Å². The summed E-state index contributed by atoms with van der Waals surface area (Å²) >= 11 is 0. The number of aromatic nitrogens is 2. The summed E-state index contributed by atoms with van der Waals surface area (Å²) < 4.78 is 42.2. The molecule has 9 heteroatoms. The maximum Gasteiger partial charge on any atom is 0.425 e. The zero-order valence-electron chi connectivity index (χ0n) is 15.6. The maximum atomic E-state index is 12.5. The Bertz CT molecular complexity index is 852. The average molecular weight is 395 g/mol. The van der Waals surface area contributed by atoms with Gasteiger partial charge in [0.15, 0.2) is 6.10 Å². The van der Waals surface area contributed by atoms with Gasteiger partial charge in [-0.1, -0.05) is 6.07 Å². The van der Waals surface area contributed by atoms with Gasteiger partial charge in [-0.05, 0) is 38.5 Å². The van der Waals surface area contributed by atoms with Crippen LogP contribution < -0.4 is 10.1 Å². The Balaban J connectivity index is 1.97. The van der Waals surface area contributed by atoms with E-state index >= 15 is 0 Å². The van der Waals surface area contributed by atoms with E-state index in [-0.39, 0.29) is 30.5 Å². The first-order valence-electron chi connectivity index (χ1n) is 8.48. The number of amides is 1. The molecule has 2 heterocycles. The van der Waals surface area contributed by atoms with Crippen molar-refractivity contribution in [2.75, 3.05) is 0 Å². The lowest BCUT2D eigenvalue weighted by Gasteiger charge is -2.16. The summed E-state index contributed by atoms with van der Waals surface area (Å²) in [4.78, 5) is 31.6. The predicted molar refractivity (Wildman–Crippen MR) is 94.9 cm³/mol. The van der Waals surface area contributed by atoms with Crippen LogP contribution in [-0.4, -0.2) is 33.9 Å². The van der Waals surface area contributed by atoms with Crippen LogP contribution in [-0.2, 0) is 17.8 Å². The van der Waals surface area contributed by atoms with E-state index in [0.29, 0.717) is 22.5 Å². The molecule has 0 aliphatic heterocycles. The minimum atomic E-state index is -4.47. The van der Waals surface area contributed by atoms with Gasteiger partial charge in [0, 0.05) is 42.2 Å². The summed E-state index contributed by atoms with van der Waals surface area (Å²) in [5.74, 6) is -0.572. The highest BCUT2D eigenvalue weighted by molar-refractivity contribution is 5.94. The summed E-state index contributed by atoms with van der Waals surface area (Å²) in [6.45, 7) is 4.20. The molecule has 0 aliphatic rings. The highest BCUT2D eigenvalue weighted by Gasteiger charge is 2.38. The van der Waals surface area contributed by atoms with Crippen LogP contribution in [0.5, 0.6) is 5.88 Å². The molecule has 2 aromatic rings. The zero-order valence-corrected chi connectivity index (χ0v) is 15.6. The Morgan fingerprint density at radius 1 is 1.25 bits per heavy atom. The van der Waals surface area contributed by atoms with Crippen molar-refractivity contribution in [1.29, 1.82) is 0 Å². The Morgan fingerprint density at radius 2 is 1.96 bits per heavy atom. The molecule has 1 amide bonds. The normalized spacial score (nSPS) is 12.4. The summed E-state index contributed by atoms with van der Waals surface area (Å²) in [7, 11) is 0. The van der Waals surface area contributed by atoms with Gasteiger partial charge in [0.25, 0.3) is 5.91 Å². The third-order valence-corrected chi connectivity index (χ3v) is 3.71. The van der Waals surface area contributed by atoms with Crippen molar-refractivity contribution in [3.63, 3.8) is 0 Å². The number of carbonyl (C=O) groups is 2. The second-order valence-electron chi connectivity index (χ2n) is 6.36. The van der Waals surface area contributed by atoms with Crippen molar-refractivity contribution in [3.05, 3.63) is 53.0 Å². The smallest absolute Gasteiger partial charge is 0.425 e. The second kappa shape index (κ2) is 8.81. The molecule has 0 saturated carbocycles. The van der Waals surface area contributed by atoms with Crippen molar-refractivity contribution in [3.8, 4) is 5.88 Å². The SMILES string of the molecule is CC(=O)Cc1cc(C(=O)NCc2ccc(O[C@H](C)C(F)(F)F)nc2)cc(C)n1. The van der Waals surface area contributed by atoms with Crippen molar-refractivity contribution < 1.29 is 27.5 Å². The van der Waals surface area contributed by atoms with Crippen LogP contribution in [0.2, 0.25) is 0 Å². The van der Waals surface area contributed by atoms with E-state index < -0.39 is 12.3 Å². The van der Waals surface area contributed by atoms with Gasteiger partial charge in [-0.15, -0.1) is 0 Å². The van der Waals surface area contributed by atoms with Gasteiger partial charge in [-0.25, -0.2) is 4.98 Å². The van der Waals surface area contributed by atoms with E-state index in [1.165, 1.54) is 25.3 Å². The van der Waals surface area contributed by atoms with Gasteiger partial charge >= 0.3 is 6.18 Å². The first-order chi connectivity index (χ1) is 13.0. The van der Waals surface area contributed by atoms with Gasteiger partial charge in [-0.3, -0.25) is 14.6 Å². The second-order valence-corrected chi connectivity index (χ2v) is 6.36. The molecule has 0 radical (unpaired) electrons. The first-order valence-corrected chi connectivity index (χ1v) is 8.48. The molecule has 0 aliphatic carbocycles. The van der Waals surface area contributed by atoms with Crippen LogP contribution in [0.25, 0.3) is 0 Å². The molecule has 6 nitrogen and oxygen atoms in total. The van der Waals surface area contributed by atoms with Gasteiger partial charge in [0.1, 0.15) is 5.78 Å². The minimum absolute atomic E-state index is 0.0577. The van der Waals surface area contributed by atoms with Gasteiger partial charge in [0.05, 0.1) is 0 Å². The van der Waals surface area contributed by atoms with Gasteiger partial charge in [0.2, 0.25) is 5.88 Å². The number of carbonyl (C=O) groups excluding carboxylic acids is 2. The Labute approximate surface area is 160 Å². The zero-order chi connectivity index (χ0) is 20.9. The topological polar surface area (TPSA) is 81.2 Å². The number of hydrogen-bond donors (Lipinski definition) is 1. The number of nitrogens with one attached hydrogen (secondary N) is 1. The highest BCUT2D eigenvalue weighted by Crippen LogP contribution is 2.23. The van der Waals surface area contributed by atoms with Crippen LogP contribution in [0, 0.1) is 6.92 Å². The summed E-state index contributed by atoms with van der Waals surface area (Å²) in [6, 6.07) is 5.99. The molecule has 28 heavy (non-hydrogen) atoms. The van der Waals surface area contributed by atoms with Crippen molar-refractivity contribution >= 4 is 11.7 Å². The number of ketones is 1. The number of aryl methyl sites for hydroxylation is 1. The fourth-order valence-electron chi connectivity index (χ4n) is 2.33. The minimum Gasteiger partial charge on any atom is -0.465 e. The fraction of sp³-hybridized carbons (Fsp3) is 0.368. The third kappa shape index (κ3) is 6.33. The molecule has 0 aromatic carbocycles. The monoisotopic (exact) mass is 395 g/mol. The number of Topliss-reactive ketones (excluding diaryl/α,β-unsaturated/α-hetero) is 1. The number of ether oxygens (including phenoxy) is 1. The van der Waals surface area contributed by atoms with Gasteiger partial charge < -0.3 is 10.1 Å². The Hall–Kier alpha value is -2.97. The maximum absolute atomic E-state index is 12.5. The van der Waals surface area contributed by atoms with Crippen LogP contribution in [0.3, 0.4) is 0 Å². The third-order valence-electron chi connectivity index (χ3n) is 3.71. The van der Waals surface area contributed by atoms with Crippen LogP contribution in [0.1, 0.15) is 41.2 Å². The van der Waals surface area contributed by atoms with Crippen LogP contribution in [0.4, 0.5) is 13.2 Å². The molecule has 2 aromatic heterocycles. The molecule has 2 rings (SSSR count). The number of rotatable bonds is 7. The predicted octanol–water partition coefficient (Wildman–Crippen LogP) is 3.18. The highest BCUT2D eigenvalue weighted by atomic mass is 19.4. The molecule has 1 N–H and O–H groups in total. The Morgan fingerprint density at radius 3 is 2.54 bits per heavy atom. The van der Waals surface area contributed by atoms with E-state index in [9.17, 15) is 22.8 Å². The summed E-state index contributed by atoms with van der Waals surface area (Å²) in [6.07, 6.45) is -4.97. The van der Waals surface area contributed by atoms with E-state index in [1.807, 2.05) is 0 Å². The van der Waals surface area contributed by atoms with E-state index in [1.54, 1.807) is 19.1 Å². The molecule has 0 fully saturated rings. The van der Waals surface area contributed by atoms with Crippen LogP contribution >= 0.6 is 0 Å². The molecule has 0 spiro atoms. The van der Waals surface area contributed by atoms with Crippen molar-refractivity contribution in [2.45, 2.75) is 46.0 Å². The lowest BCUT2D eigenvalue weighted by atomic mass is 10.1. The van der Waals surface area contributed by atoms with E-state index in [4.69, 9.17) is 4.74 Å². The number of alkyl halides is 3. The van der Waals surface area contributed by atoms with E-state index in [0.717, 1.165) is 6.92 Å². The van der Waals surface area contributed by atoms with Crippen molar-refractivity contribution in [1.82, 2.24) is 15.3 Å². The fourth-order valence-corrected chi connectivity index (χ4v) is 2.33. The van der Waals surface area contributed by atoms with Crippen LogP contribution in [0.15, 0.2) is 30.5 Å². The van der Waals surface area contributed by atoms with Crippen molar-refractivity contribution in [2.24, 2.45) is 0 Å². The molecular weight excluding hydrogens is 375 g/mol. The molecule has 0 unspecified atom stereocenters. The molecule has 150 valence electrons. The number of hydrogen-bond acceptors (Lipinski definition) is 5. The first kappa shape index (κ1) is 21.3. The number of pyridine rings is 2. The lowest BCUT2D eigenvalue weighted by Crippen LogP contribution is -2.31. The summed E-state index contributed by atoms with van der Waals surface area (Å²) in [5, 5.41) is 2.70.